The number of thiophene rings is 1. The molecule has 1 aromatic heterocycles. The Morgan fingerprint density at radius 3 is 2.25 bits per heavy atom. The van der Waals surface area contributed by atoms with Gasteiger partial charge in [0.2, 0.25) is 5.91 Å². The minimum Gasteiger partial charge on any atom is -0.343 e. The summed E-state index contributed by atoms with van der Waals surface area (Å²) in [7, 11) is -3.66. The van der Waals surface area contributed by atoms with E-state index in [0.29, 0.717) is 17.0 Å². The minimum atomic E-state index is -3.66. The van der Waals surface area contributed by atoms with Crippen LogP contribution in [-0.4, -0.2) is 20.1 Å². The molecular weight excluding hydrogens is 440 g/mol. The molecule has 0 radical (unpaired) electrons. The number of hydrogen-bond acceptors (Lipinski definition) is 5. The third-order valence-electron chi connectivity index (χ3n) is 4.91. The molecule has 2 aromatic carbocycles. The largest absolute Gasteiger partial charge is 0.343 e. The second kappa shape index (κ2) is 10.6. The molecule has 0 fully saturated rings. The van der Waals surface area contributed by atoms with E-state index in [-0.39, 0.29) is 5.75 Å². The first-order valence-electron chi connectivity index (χ1n) is 10.4. The SMILES string of the molecule is CC(C)Cc1ccc(C(NC(=O)CS(=O)(=O)Cc2ccc(C#N)cc2)c2cccs2)cc1. The number of nitrogens with one attached hydrogen (secondary N) is 1. The molecule has 1 atom stereocenters. The van der Waals surface area contributed by atoms with Crippen LogP contribution in [0.15, 0.2) is 66.0 Å². The van der Waals surface area contributed by atoms with Gasteiger partial charge in [-0.2, -0.15) is 5.26 Å². The maximum Gasteiger partial charge on any atom is 0.235 e. The van der Waals surface area contributed by atoms with E-state index in [2.05, 4.69) is 31.3 Å². The van der Waals surface area contributed by atoms with Gasteiger partial charge in [0.05, 0.1) is 23.4 Å². The fraction of sp³-hybridized carbons (Fsp3) is 0.280. The molecule has 1 heterocycles. The summed E-state index contributed by atoms with van der Waals surface area (Å²) in [5.41, 5.74) is 3.15. The van der Waals surface area contributed by atoms with Crippen LogP contribution in [0.5, 0.6) is 0 Å². The molecule has 1 amide bonds. The standard InChI is InChI=1S/C25H26N2O3S2/c1-18(2)14-19-9-11-22(12-10-19)25(23-4-3-13-31-23)27-24(28)17-32(29,30)16-21-7-5-20(15-26)6-8-21/h3-13,18,25H,14,16-17H2,1-2H3,(H,27,28). The van der Waals surface area contributed by atoms with Crippen LogP contribution in [0.2, 0.25) is 0 Å². The molecule has 1 unspecified atom stereocenters. The fourth-order valence-electron chi connectivity index (χ4n) is 3.47. The second-order valence-corrected chi connectivity index (χ2v) is 11.2. The Balaban J connectivity index is 1.72. The summed E-state index contributed by atoms with van der Waals surface area (Å²) in [5.74, 6) is -0.835. The number of nitrogens with zero attached hydrogens (tertiary/aromatic N) is 1. The molecule has 1 N–H and O–H groups in total. The summed E-state index contributed by atoms with van der Waals surface area (Å²) in [4.78, 5) is 13.7. The Morgan fingerprint density at radius 2 is 1.69 bits per heavy atom. The molecule has 0 aliphatic carbocycles. The number of rotatable bonds is 9. The second-order valence-electron chi connectivity index (χ2n) is 8.20. The van der Waals surface area contributed by atoms with Crippen molar-refractivity contribution in [3.63, 3.8) is 0 Å². The van der Waals surface area contributed by atoms with Crippen LogP contribution in [0.1, 0.15) is 47.0 Å². The Bertz CT molecular complexity index is 1180. The molecule has 166 valence electrons. The predicted molar refractivity (Wildman–Crippen MR) is 128 cm³/mol. The lowest BCUT2D eigenvalue weighted by atomic mass is 9.99. The van der Waals surface area contributed by atoms with Crippen molar-refractivity contribution in [3.8, 4) is 6.07 Å². The van der Waals surface area contributed by atoms with Crippen LogP contribution >= 0.6 is 11.3 Å². The normalized spacial score (nSPS) is 12.3. The maximum atomic E-state index is 12.7. The predicted octanol–water partition coefficient (Wildman–Crippen LogP) is 4.64. The smallest absolute Gasteiger partial charge is 0.235 e. The lowest BCUT2D eigenvalue weighted by molar-refractivity contribution is -0.119. The van der Waals surface area contributed by atoms with Gasteiger partial charge in [-0.25, -0.2) is 8.42 Å². The van der Waals surface area contributed by atoms with Gasteiger partial charge in [0, 0.05) is 4.88 Å². The van der Waals surface area contributed by atoms with Crippen LogP contribution in [0.4, 0.5) is 0 Å². The summed E-state index contributed by atoms with van der Waals surface area (Å²) in [6.07, 6.45) is 0.976. The molecule has 0 aliphatic rings. The van der Waals surface area contributed by atoms with Crippen molar-refractivity contribution >= 4 is 27.1 Å². The van der Waals surface area contributed by atoms with E-state index in [9.17, 15) is 13.2 Å². The zero-order chi connectivity index (χ0) is 23.1. The van der Waals surface area contributed by atoms with Gasteiger partial charge in [0.15, 0.2) is 9.84 Å². The molecule has 0 aliphatic heterocycles. The zero-order valence-electron chi connectivity index (χ0n) is 18.1. The first kappa shape index (κ1) is 23.7. The van der Waals surface area contributed by atoms with E-state index in [4.69, 9.17) is 5.26 Å². The van der Waals surface area contributed by atoms with Crippen molar-refractivity contribution < 1.29 is 13.2 Å². The Morgan fingerprint density at radius 1 is 1.03 bits per heavy atom. The molecule has 32 heavy (non-hydrogen) atoms. The van der Waals surface area contributed by atoms with Crippen LogP contribution < -0.4 is 5.32 Å². The van der Waals surface area contributed by atoms with Gasteiger partial charge in [-0.15, -0.1) is 11.3 Å². The van der Waals surface area contributed by atoms with Crippen molar-refractivity contribution in [1.29, 1.82) is 5.26 Å². The Kier molecular flexibility index (Phi) is 7.84. The van der Waals surface area contributed by atoms with Crippen molar-refractivity contribution in [2.75, 3.05) is 5.75 Å². The highest BCUT2D eigenvalue weighted by molar-refractivity contribution is 7.91. The number of carbonyl (C=O) groups is 1. The summed E-state index contributed by atoms with van der Waals surface area (Å²) in [6.45, 7) is 4.34. The van der Waals surface area contributed by atoms with Gasteiger partial charge in [-0.3, -0.25) is 4.79 Å². The molecule has 0 bridgehead atoms. The summed E-state index contributed by atoms with van der Waals surface area (Å²) in [5, 5.41) is 13.7. The van der Waals surface area contributed by atoms with Gasteiger partial charge < -0.3 is 5.32 Å². The van der Waals surface area contributed by atoms with Crippen LogP contribution in [0, 0.1) is 17.2 Å². The highest BCUT2D eigenvalue weighted by Gasteiger charge is 2.23. The number of carbonyl (C=O) groups excluding carboxylic acids is 1. The summed E-state index contributed by atoms with van der Waals surface area (Å²) >= 11 is 1.52. The van der Waals surface area contributed by atoms with Gasteiger partial charge in [0.25, 0.3) is 0 Å². The molecule has 5 nitrogen and oxygen atoms in total. The van der Waals surface area contributed by atoms with Crippen LogP contribution in [0.25, 0.3) is 0 Å². The van der Waals surface area contributed by atoms with E-state index in [1.165, 1.54) is 16.9 Å². The van der Waals surface area contributed by atoms with Gasteiger partial charge in [-0.1, -0.05) is 56.3 Å². The van der Waals surface area contributed by atoms with Crippen molar-refractivity contribution in [1.82, 2.24) is 5.32 Å². The highest BCUT2D eigenvalue weighted by atomic mass is 32.2. The monoisotopic (exact) mass is 466 g/mol. The maximum absolute atomic E-state index is 12.7. The molecule has 3 rings (SSSR count). The lowest BCUT2D eigenvalue weighted by Gasteiger charge is -2.19. The Hall–Kier alpha value is -2.95. The number of benzene rings is 2. The van der Waals surface area contributed by atoms with Crippen molar-refractivity contribution in [2.24, 2.45) is 5.92 Å². The van der Waals surface area contributed by atoms with Crippen molar-refractivity contribution in [2.45, 2.75) is 32.1 Å². The zero-order valence-corrected chi connectivity index (χ0v) is 19.7. The topological polar surface area (TPSA) is 87.0 Å². The molecule has 0 spiro atoms. The third kappa shape index (κ3) is 6.78. The van der Waals surface area contributed by atoms with E-state index in [1.807, 2.05) is 35.7 Å². The molecule has 0 saturated heterocycles. The molecular formula is C25H26N2O3S2. The molecule has 0 saturated carbocycles. The summed E-state index contributed by atoms with van der Waals surface area (Å²) in [6, 6.07) is 19.9. The number of amides is 1. The van der Waals surface area contributed by atoms with Crippen LogP contribution in [-0.2, 0) is 26.8 Å². The number of hydrogen-bond donors (Lipinski definition) is 1. The number of nitriles is 1. The first-order valence-corrected chi connectivity index (χ1v) is 13.1. The van der Waals surface area contributed by atoms with Gasteiger partial charge in [-0.05, 0) is 52.6 Å². The van der Waals surface area contributed by atoms with Gasteiger partial charge >= 0.3 is 0 Å². The molecule has 7 heteroatoms. The van der Waals surface area contributed by atoms with Crippen molar-refractivity contribution in [3.05, 3.63) is 93.2 Å². The highest BCUT2D eigenvalue weighted by Crippen LogP contribution is 2.27. The average molecular weight is 467 g/mol. The third-order valence-corrected chi connectivity index (χ3v) is 7.32. The van der Waals surface area contributed by atoms with Gasteiger partial charge in [0.1, 0.15) is 5.75 Å². The van der Waals surface area contributed by atoms with E-state index >= 15 is 0 Å². The molecule has 3 aromatic rings. The number of sulfone groups is 1. The van der Waals surface area contributed by atoms with Crippen LogP contribution in [0.3, 0.4) is 0 Å². The first-order chi connectivity index (χ1) is 15.3. The lowest BCUT2D eigenvalue weighted by Crippen LogP contribution is -2.34. The van der Waals surface area contributed by atoms with E-state index < -0.39 is 27.5 Å². The summed E-state index contributed by atoms with van der Waals surface area (Å²) < 4.78 is 25.2. The van der Waals surface area contributed by atoms with E-state index in [0.717, 1.165) is 16.9 Å². The average Bonchev–Trinajstić information content (AvgIpc) is 3.27. The Labute approximate surface area is 193 Å². The quantitative estimate of drug-likeness (QED) is 0.498. The fourth-order valence-corrected chi connectivity index (χ4v) is 5.56. The minimum absolute atomic E-state index is 0.250. The van der Waals surface area contributed by atoms with E-state index in [1.54, 1.807) is 24.3 Å².